The van der Waals surface area contributed by atoms with E-state index in [0.717, 1.165) is 41.9 Å². The van der Waals surface area contributed by atoms with Gasteiger partial charge in [0.2, 0.25) is 0 Å². The Balaban J connectivity index is 1.53. The van der Waals surface area contributed by atoms with E-state index in [1.165, 1.54) is 27.2 Å². The summed E-state index contributed by atoms with van der Waals surface area (Å²) in [5.41, 5.74) is 4.34. The summed E-state index contributed by atoms with van der Waals surface area (Å²) in [6.45, 7) is 0. The van der Waals surface area contributed by atoms with E-state index >= 15 is 0 Å². The fraction of sp³-hybridized carbons (Fsp3) is 0.219. The molecule has 36 heavy (non-hydrogen) atoms. The predicted molar refractivity (Wildman–Crippen MR) is 147 cm³/mol. The van der Waals surface area contributed by atoms with Crippen LogP contribution in [0.2, 0.25) is 0 Å². The number of Topliss-reactive ketones (excluding diaryl/α,β-unsaturated/α-hetero) is 1. The Kier molecular flexibility index (Phi) is 4.17. The third kappa shape index (κ3) is 2.40. The smallest absolute Gasteiger partial charge is 0.188 e. The Morgan fingerprint density at radius 3 is 1.75 bits per heavy atom. The molecule has 2 aromatic carbocycles. The van der Waals surface area contributed by atoms with Crippen LogP contribution in [0.25, 0.3) is 22.5 Å². The Morgan fingerprint density at radius 2 is 1.22 bits per heavy atom. The molecule has 1 aliphatic heterocycles. The summed E-state index contributed by atoms with van der Waals surface area (Å²) in [5.74, 6) is 1.21. The number of ketones is 1. The minimum absolute atomic E-state index is 0.306. The van der Waals surface area contributed by atoms with Crippen molar-refractivity contribution in [3.63, 3.8) is 0 Å². The summed E-state index contributed by atoms with van der Waals surface area (Å²) in [6.07, 6.45) is 3.50. The first kappa shape index (κ1) is 20.9. The number of hydrogen-bond donors (Lipinski definition) is 0. The van der Waals surface area contributed by atoms with Gasteiger partial charge in [0.25, 0.3) is 0 Å². The number of hydrogen-bond acceptors (Lipinski definition) is 4. The molecule has 4 aliphatic rings. The molecule has 3 aliphatic carbocycles. The van der Waals surface area contributed by atoms with E-state index in [4.69, 9.17) is 4.74 Å². The maximum atomic E-state index is 14.8. The van der Waals surface area contributed by atoms with Crippen molar-refractivity contribution < 1.29 is 9.53 Å². The van der Waals surface area contributed by atoms with Crippen LogP contribution in [0.1, 0.15) is 46.6 Å². The third-order valence-electron chi connectivity index (χ3n) is 8.82. The first-order chi connectivity index (χ1) is 17.7. The topological polar surface area (TPSA) is 26.3 Å². The highest BCUT2D eigenvalue weighted by Gasteiger charge is 2.81. The lowest BCUT2D eigenvalue weighted by Gasteiger charge is -2.59. The van der Waals surface area contributed by atoms with Crippen LogP contribution in [-0.2, 0) is 9.53 Å². The molecule has 2 aromatic heterocycles. The van der Waals surface area contributed by atoms with Gasteiger partial charge in [-0.3, -0.25) is 4.79 Å². The van der Waals surface area contributed by atoms with Gasteiger partial charge >= 0.3 is 0 Å². The standard InChI is InChI=1S/C32H24O2S2/c33-29-30(15-16-30)25(21-9-3-1-4-10-21)27(23-13-7-19-35-23)31-17-18-32(29,31)34-28(24-14-8-20-36-24)26(31)22-11-5-2-6-12-22/h1-14,19-20H,15-18H2. The molecule has 3 heterocycles. The fourth-order valence-electron chi connectivity index (χ4n) is 7.19. The number of ether oxygens (including phenoxy) is 1. The predicted octanol–water partition coefficient (Wildman–Crippen LogP) is 8.20. The molecule has 2 nitrogen and oxygen atoms in total. The van der Waals surface area contributed by atoms with Gasteiger partial charge in [0.1, 0.15) is 5.76 Å². The van der Waals surface area contributed by atoms with Gasteiger partial charge in [-0.2, -0.15) is 0 Å². The first-order valence-corrected chi connectivity index (χ1v) is 14.4. The zero-order chi connectivity index (χ0) is 24.0. The number of benzene rings is 2. The molecular weight excluding hydrogens is 480 g/mol. The summed E-state index contributed by atoms with van der Waals surface area (Å²) < 4.78 is 7.07. The molecule has 0 radical (unpaired) electrons. The van der Waals surface area contributed by atoms with Crippen LogP contribution in [0, 0.1) is 10.8 Å². The monoisotopic (exact) mass is 504 g/mol. The summed E-state index contributed by atoms with van der Waals surface area (Å²) in [6, 6.07) is 29.9. The van der Waals surface area contributed by atoms with Crippen LogP contribution in [0.4, 0.5) is 0 Å². The minimum atomic E-state index is -0.828. The third-order valence-corrected chi connectivity index (χ3v) is 10.6. The molecular formula is C32H24O2S2. The molecule has 0 bridgehead atoms. The molecule has 2 unspecified atom stereocenters. The van der Waals surface area contributed by atoms with Crippen LogP contribution in [0.5, 0.6) is 0 Å². The largest absolute Gasteiger partial charge is 0.476 e. The highest BCUT2D eigenvalue weighted by atomic mass is 32.1. The second-order valence-corrected chi connectivity index (χ2v) is 12.3. The quantitative estimate of drug-likeness (QED) is 0.280. The van der Waals surface area contributed by atoms with E-state index in [1.807, 2.05) is 0 Å². The molecule has 4 aromatic rings. The van der Waals surface area contributed by atoms with Gasteiger partial charge in [0.05, 0.1) is 15.7 Å². The van der Waals surface area contributed by atoms with Gasteiger partial charge in [-0.1, -0.05) is 72.8 Å². The lowest BCUT2D eigenvalue weighted by Crippen LogP contribution is -2.66. The van der Waals surface area contributed by atoms with Crippen molar-refractivity contribution in [2.45, 2.75) is 31.3 Å². The van der Waals surface area contributed by atoms with Gasteiger partial charge in [-0.25, -0.2) is 0 Å². The van der Waals surface area contributed by atoms with Crippen LogP contribution in [-0.4, -0.2) is 11.4 Å². The summed E-state index contributed by atoms with van der Waals surface area (Å²) >= 11 is 3.48. The van der Waals surface area contributed by atoms with Gasteiger partial charge in [0.15, 0.2) is 11.4 Å². The molecule has 1 spiro atoms. The van der Waals surface area contributed by atoms with Crippen molar-refractivity contribution in [1.82, 2.24) is 0 Å². The Hall–Kier alpha value is -3.21. The molecule has 2 atom stereocenters. The average molecular weight is 505 g/mol. The number of carbonyl (C=O) groups excluding carboxylic acids is 1. The molecule has 2 saturated carbocycles. The van der Waals surface area contributed by atoms with E-state index in [2.05, 4.69) is 95.7 Å². The molecule has 2 fully saturated rings. The highest BCUT2D eigenvalue weighted by molar-refractivity contribution is 7.11. The normalized spacial score (nSPS) is 27.5. The van der Waals surface area contributed by atoms with Crippen LogP contribution < -0.4 is 0 Å². The fourth-order valence-corrected chi connectivity index (χ4v) is 8.76. The van der Waals surface area contributed by atoms with E-state index in [9.17, 15) is 4.79 Å². The van der Waals surface area contributed by atoms with Crippen molar-refractivity contribution in [3.05, 3.63) is 117 Å². The van der Waals surface area contributed by atoms with Crippen molar-refractivity contribution >= 4 is 50.9 Å². The maximum Gasteiger partial charge on any atom is 0.188 e. The lowest BCUT2D eigenvalue weighted by atomic mass is 9.43. The summed E-state index contributed by atoms with van der Waals surface area (Å²) in [5, 5.41) is 4.27. The van der Waals surface area contributed by atoms with Gasteiger partial charge in [0, 0.05) is 10.5 Å². The Labute approximate surface area is 218 Å². The average Bonchev–Trinajstić information content (AvgIpc) is 3.26. The Bertz CT molecular complexity index is 1560. The minimum Gasteiger partial charge on any atom is -0.476 e. The van der Waals surface area contributed by atoms with Gasteiger partial charge in [-0.05, 0) is 70.8 Å². The first-order valence-electron chi connectivity index (χ1n) is 12.6. The van der Waals surface area contributed by atoms with Crippen molar-refractivity contribution in [2.24, 2.45) is 10.8 Å². The van der Waals surface area contributed by atoms with Crippen molar-refractivity contribution in [1.29, 1.82) is 0 Å². The van der Waals surface area contributed by atoms with E-state index < -0.39 is 16.4 Å². The molecule has 0 amide bonds. The lowest BCUT2D eigenvalue weighted by molar-refractivity contribution is -0.160. The van der Waals surface area contributed by atoms with Crippen molar-refractivity contribution in [2.75, 3.05) is 0 Å². The van der Waals surface area contributed by atoms with Crippen LogP contribution in [0.3, 0.4) is 0 Å². The number of allylic oxidation sites excluding steroid dienone is 1. The molecule has 0 saturated heterocycles. The highest BCUT2D eigenvalue weighted by Crippen LogP contribution is 2.80. The number of thiophene rings is 2. The summed E-state index contributed by atoms with van der Waals surface area (Å²) in [7, 11) is 0. The van der Waals surface area contributed by atoms with E-state index in [0.29, 0.717) is 5.78 Å². The van der Waals surface area contributed by atoms with Crippen LogP contribution >= 0.6 is 22.7 Å². The second kappa shape index (κ2) is 7.18. The zero-order valence-corrected chi connectivity index (χ0v) is 21.3. The van der Waals surface area contributed by atoms with Gasteiger partial charge in [-0.15, -0.1) is 22.7 Å². The number of carbonyl (C=O) groups is 1. The summed E-state index contributed by atoms with van der Waals surface area (Å²) in [4.78, 5) is 17.2. The van der Waals surface area contributed by atoms with Crippen molar-refractivity contribution in [3.8, 4) is 0 Å². The molecule has 4 heteroatoms. The van der Waals surface area contributed by atoms with E-state index in [-0.39, 0.29) is 0 Å². The maximum absolute atomic E-state index is 14.8. The second-order valence-electron chi connectivity index (χ2n) is 10.4. The van der Waals surface area contributed by atoms with Gasteiger partial charge < -0.3 is 4.74 Å². The number of rotatable bonds is 4. The van der Waals surface area contributed by atoms with E-state index in [1.54, 1.807) is 22.7 Å². The Morgan fingerprint density at radius 1 is 0.611 bits per heavy atom. The molecule has 0 N–H and O–H groups in total. The van der Waals surface area contributed by atoms with Crippen LogP contribution in [0.15, 0.2) is 95.7 Å². The zero-order valence-electron chi connectivity index (χ0n) is 19.7. The molecule has 8 rings (SSSR count). The molecule has 176 valence electrons. The SMILES string of the molecule is O=C1C2(CC2)C(c2ccccc2)=C(c2cccs2)C23CCC12OC(c1cccs1)=C3c1ccccc1.